The minimum Gasteiger partial charge on any atom is -0.374 e. The van der Waals surface area contributed by atoms with Crippen LogP contribution in [-0.4, -0.2) is 56.6 Å². The highest BCUT2D eigenvalue weighted by atomic mass is 16.2. The van der Waals surface area contributed by atoms with Gasteiger partial charge in [-0.1, -0.05) is 0 Å². The molecule has 1 aromatic rings. The van der Waals surface area contributed by atoms with E-state index < -0.39 is 0 Å². The van der Waals surface area contributed by atoms with E-state index in [2.05, 4.69) is 22.2 Å². The molecule has 0 unspecified atom stereocenters. The summed E-state index contributed by atoms with van der Waals surface area (Å²) in [6.07, 6.45) is 4.16. The second-order valence-electron chi connectivity index (χ2n) is 5.67. The summed E-state index contributed by atoms with van der Waals surface area (Å²) in [7, 11) is 5.58. The van der Waals surface area contributed by atoms with Crippen LogP contribution in [0, 0.1) is 5.92 Å². The van der Waals surface area contributed by atoms with Crippen molar-refractivity contribution in [3.8, 4) is 0 Å². The molecular weight excluding hydrogens is 252 g/mol. The molecule has 1 saturated heterocycles. The first-order valence-corrected chi connectivity index (χ1v) is 7.17. The van der Waals surface area contributed by atoms with Gasteiger partial charge in [-0.3, -0.25) is 9.78 Å². The lowest BCUT2D eigenvalue weighted by Gasteiger charge is -2.29. The Morgan fingerprint density at radius 2 is 2.05 bits per heavy atom. The average molecular weight is 276 g/mol. The van der Waals surface area contributed by atoms with Crippen molar-refractivity contribution in [1.29, 1.82) is 0 Å². The maximum atomic E-state index is 11.9. The highest BCUT2D eigenvalue weighted by Gasteiger charge is 2.16. The van der Waals surface area contributed by atoms with Crippen molar-refractivity contribution in [3.05, 3.63) is 24.0 Å². The Kier molecular flexibility index (Phi) is 4.95. The number of rotatable bonds is 4. The zero-order valence-corrected chi connectivity index (χ0v) is 12.6. The predicted octanol–water partition coefficient (Wildman–Crippen LogP) is 1.22. The summed E-state index contributed by atoms with van der Waals surface area (Å²) in [5.74, 6) is 0.671. The van der Waals surface area contributed by atoms with Gasteiger partial charge in [0.25, 0.3) is 5.91 Å². The van der Waals surface area contributed by atoms with E-state index in [-0.39, 0.29) is 5.91 Å². The lowest BCUT2D eigenvalue weighted by molar-refractivity contribution is 0.0822. The minimum absolute atomic E-state index is 0.0536. The molecule has 0 atom stereocenters. The van der Waals surface area contributed by atoms with E-state index in [1.807, 2.05) is 12.1 Å². The second kappa shape index (κ2) is 6.70. The van der Waals surface area contributed by atoms with E-state index in [0.29, 0.717) is 5.69 Å². The van der Waals surface area contributed by atoms with Crippen molar-refractivity contribution in [2.45, 2.75) is 12.8 Å². The molecule has 0 aliphatic carbocycles. The van der Waals surface area contributed by atoms with E-state index in [0.717, 1.165) is 31.2 Å². The summed E-state index contributed by atoms with van der Waals surface area (Å²) in [4.78, 5) is 19.9. The third kappa shape index (κ3) is 3.70. The zero-order chi connectivity index (χ0) is 14.5. The minimum atomic E-state index is -0.0536. The molecule has 1 aliphatic heterocycles. The molecule has 0 bridgehead atoms. The van der Waals surface area contributed by atoms with Crippen LogP contribution in [0.2, 0.25) is 0 Å². The van der Waals surface area contributed by atoms with E-state index in [9.17, 15) is 4.79 Å². The van der Waals surface area contributed by atoms with Crippen LogP contribution >= 0.6 is 0 Å². The Labute approximate surface area is 121 Å². The molecule has 1 fully saturated rings. The number of carbonyl (C=O) groups is 1. The van der Waals surface area contributed by atoms with Gasteiger partial charge in [-0.15, -0.1) is 0 Å². The predicted molar refractivity (Wildman–Crippen MR) is 81.1 cm³/mol. The smallest absolute Gasteiger partial charge is 0.272 e. The van der Waals surface area contributed by atoms with Crippen LogP contribution in [0.4, 0.5) is 5.69 Å². The lowest BCUT2D eigenvalue weighted by Crippen LogP contribution is -2.34. The zero-order valence-electron chi connectivity index (χ0n) is 12.6. The summed E-state index contributed by atoms with van der Waals surface area (Å²) < 4.78 is 0. The van der Waals surface area contributed by atoms with Gasteiger partial charge in [-0.2, -0.15) is 0 Å². The van der Waals surface area contributed by atoms with Gasteiger partial charge in [-0.25, -0.2) is 0 Å². The largest absolute Gasteiger partial charge is 0.374 e. The molecular formula is C15H24N4O. The van der Waals surface area contributed by atoms with Crippen LogP contribution in [0.25, 0.3) is 0 Å². The molecule has 0 aromatic carbocycles. The molecule has 1 amide bonds. The van der Waals surface area contributed by atoms with Gasteiger partial charge >= 0.3 is 0 Å². The average Bonchev–Trinajstić information content (AvgIpc) is 2.47. The van der Waals surface area contributed by atoms with Gasteiger partial charge in [0.15, 0.2) is 0 Å². The van der Waals surface area contributed by atoms with Gasteiger partial charge in [0.1, 0.15) is 5.69 Å². The molecule has 110 valence electrons. The van der Waals surface area contributed by atoms with Crippen molar-refractivity contribution in [2.75, 3.05) is 45.7 Å². The first kappa shape index (κ1) is 14.8. The van der Waals surface area contributed by atoms with Gasteiger partial charge in [0.05, 0.1) is 0 Å². The summed E-state index contributed by atoms with van der Waals surface area (Å²) in [5.41, 5.74) is 1.56. The second-order valence-corrected chi connectivity index (χ2v) is 5.67. The fourth-order valence-electron chi connectivity index (χ4n) is 2.56. The third-order valence-corrected chi connectivity index (χ3v) is 3.80. The highest BCUT2D eigenvalue weighted by Crippen LogP contribution is 2.19. The number of nitrogens with one attached hydrogen (secondary N) is 1. The maximum Gasteiger partial charge on any atom is 0.272 e. The monoisotopic (exact) mass is 276 g/mol. The van der Waals surface area contributed by atoms with Crippen LogP contribution in [0.15, 0.2) is 18.3 Å². The van der Waals surface area contributed by atoms with Crippen LogP contribution in [0.3, 0.4) is 0 Å². The Morgan fingerprint density at radius 3 is 2.70 bits per heavy atom. The molecule has 0 spiro atoms. The van der Waals surface area contributed by atoms with Gasteiger partial charge in [0.2, 0.25) is 0 Å². The maximum absolute atomic E-state index is 11.9. The third-order valence-electron chi connectivity index (χ3n) is 3.80. The van der Waals surface area contributed by atoms with Crippen molar-refractivity contribution >= 4 is 11.6 Å². The number of amides is 1. The van der Waals surface area contributed by atoms with Gasteiger partial charge in [0, 0.05) is 39.6 Å². The molecule has 5 nitrogen and oxygen atoms in total. The van der Waals surface area contributed by atoms with Crippen molar-refractivity contribution in [1.82, 2.24) is 15.2 Å². The van der Waals surface area contributed by atoms with Crippen LogP contribution in [0.1, 0.15) is 23.3 Å². The van der Waals surface area contributed by atoms with Crippen LogP contribution < -0.4 is 10.2 Å². The number of hydrogen-bond acceptors (Lipinski definition) is 4. The molecule has 20 heavy (non-hydrogen) atoms. The Morgan fingerprint density at radius 1 is 1.35 bits per heavy atom. The van der Waals surface area contributed by atoms with E-state index >= 15 is 0 Å². The normalized spacial score (nSPS) is 15.9. The lowest BCUT2D eigenvalue weighted by atomic mass is 9.97. The number of aromatic nitrogens is 1. The number of pyridine rings is 1. The number of piperidine rings is 1. The van der Waals surface area contributed by atoms with E-state index in [4.69, 9.17) is 0 Å². The SMILES string of the molecule is CN(C)C(=O)c1cc(N(C)CC2CCNCC2)ccn1. The number of carbonyl (C=O) groups excluding carboxylic acids is 1. The Bertz CT molecular complexity index is 455. The molecule has 2 rings (SSSR count). The van der Waals surface area contributed by atoms with Crippen molar-refractivity contribution < 1.29 is 4.79 Å². The standard InChI is InChI=1S/C15H24N4O/c1-18(2)15(20)14-10-13(6-9-17-14)19(3)11-12-4-7-16-8-5-12/h6,9-10,12,16H,4-5,7-8,11H2,1-3H3. The molecule has 5 heteroatoms. The van der Waals surface area contributed by atoms with Gasteiger partial charge < -0.3 is 15.1 Å². The first-order valence-electron chi connectivity index (χ1n) is 7.17. The quantitative estimate of drug-likeness (QED) is 0.898. The Balaban J connectivity index is 2.03. The molecule has 1 aliphatic rings. The summed E-state index contributed by atoms with van der Waals surface area (Å²) >= 11 is 0. The molecule has 1 aromatic heterocycles. The molecule has 2 heterocycles. The first-order chi connectivity index (χ1) is 9.58. The van der Waals surface area contributed by atoms with E-state index in [1.165, 1.54) is 12.8 Å². The van der Waals surface area contributed by atoms with E-state index in [1.54, 1.807) is 25.2 Å². The number of nitrogens with zero attached hydrogens (tertiary/aromatic N) is 3. The molecule has 0 radical (unpaired) electrons. The highest BCUT2D eigenvalue weighted by molar-refractivity contribution is 5.92. The summed E-state index contributed by atoms with van der Waals surface area (Å²) in [6, 6.07) is 3.84. The van der Waals surface area contributed by atoms with Crippen molar-refractivity contribution in [2.24, 2.45) is 5.92 Å². The fraction of sp³-hybridized carbons (Fsp3) is 0.600. The fourth-order valence-corrected chi connectivity index (χ4v) is 2.56. The molecule has 0 saturated carbocycles. The number of hydrogen-bond donors (Lipinski definition) is 1. The van der Waals surface area contributed by atoms with Crippen LogP contribution in [0.5, 0.6) is 0 Å². The van der Waals surface area contributed by atoms with Gasteiger partial charge in [-0.05, 0) is 44.0 Å². The number of anilines is 1. The van der Waals surface area contributed by atoms with Crippen molar-refractivity contribution in [3.63, 3.8) is 0 Å². The summed E-state index contributed by atoms with van der Waals surface area (Å²) in [5, 5.41) is 3.39. The molecule has 1 N–H and O–H groups in total. The van der Waals surface area contributed by atoms with Crippen LogP contribution in [-0.2, 0) is 0 Å². The summed E-state index contributed by atoms with van der Waals surface area (Å²) in [6.45, 7) is 3.25. The topological polar surface area (TPSA) is 48.5 Å². The Hall–Kier alpha value is -1.62.